The van der Waals surface area contributed by atoms with Crippen molar-refractivity contribution >= 4 is 43.9 Å². The highest BCUT2D eigenvalue weighted by molar-refractivity contribution is 9.28. The summed E-state index contributed by atoms with van der Waals surface area (Å²) in [6.07, 6.45) is -0.627. The van der Waals surface area contributed by atoms with Crippen molar-refractivity contribution in [2.75, 3.05) is 13.7 Å². The van der Waals surface area contributed by atoms with Gasteiger partial charge in [-0.25, -0.2) is 9.59 Å². The molecule has 0 spiro atoms. The highest BCUT2D eigenvalue weighted by atomic mass is 79.9. The fraction of sp³-hybridized carbons (Fsp3) is 0.286. The van der Waals surface area contributed by atoms with E-state index in [0.717, 1.165) is 5.56 Å². The van der Waals surface area contributed by atoms with Crippen molar-refractivity contribution in [3.8, 4) is 0 Å². The number of esters is 1. The second kappa shape index (κ2) is 8.84. The molecule has 0 atom stereocenters. The monoisotopic (exact) mass is 419 g/mol. The van der Waals surface area contributed by atoms with E-state index in [4.69, 9.17) is 4.74 Å². The third-order valence-electron chi connectivity index (χ3n) is 2.57. The first-order valence-corrected chi connectivity index (χ1v) is 7.71. The van der Waals surface area contributed by atoms with Gasteiger partial charge in [0.15, 0.2) is 5.70 Å². The molecule has 1 aromatic rings. The molecule has 21 heavy (non-hydrogen) atoms. The molecule has 7 heteroatoms. The number of benzene rings is 1. The molecule has 0 unspecified atom stereocenters. The molecule has 0 fully saturated rings. The van der Waals surface area contributed by atoms with E-state index in [1.165, 1.54) is 12.0 Å². The van der Waals surface area contributed by atoms with Gasteiger partial charge in [-0.2, -0.15) is 0 Å². The lowest BCUT2D eigenvalue weighted by Gasteiger charge is -2.22. The highest BCUT2D eigenvalue weighted by Gasteiger charge is 2.26. The van der Waals surface area contributed by atoms with Crippen LogP contribution in [0.1, 0.15) is 12.5 Å². The summed E-state index contributed by atoms with van der Waals surface area (Å²) in [4.78, 5) is 25.1. The molecule has 0 radical (unpaired) electrons. The lowest BCUT2D eigenvalue weighted by atomic mass is 10.2. The number of amides is 1. The van der Waals surface area contributed by atoms with Crippen molar-refractivity contribution in [2.45, 2.75) is 13.5 Å². The first-order valence-electron chi connectivity index (χ1n) is 6.13. The second-order valence-corrected chi connectivity index (χ2v) is 6.54. The molecule has 0 saturated heterocycles. The number of carbonyl (C=O) groups is 2. The van der Waals surface area contributed by atoms with Gasteiger partial charge in [-0.3, -0.25) is 4.90 Å². The summed E-state index contributed by atoms with van der Waals surface area (Å²) in [6, 6.07) is 9.29. The summed E-state index contributed by atoms with van der Waals surface area (Å²) in [7, 11) is 1.24. The molecule has 1 rings (SSSR count). The third kappa shape index (κ3) is 5.17. The quantitative estimate of drug-likeness (QED) is 0.537. The Labute approximate surface area is 140 Å². The third-order valence-corrected chi connectivity index (χ3v) is 3.32. The average Bonchev–Trinajstić information content (AvgIpc) is 2.50. The van der Waals surface area contributed by atoms with Crippen molar-refractivity contribution < 1.29 is 19.1 Å². The van der Waals surface area contributed by atoms with Crippen LogP contribution in [0.4, 0.5) is 4.79 Å². The molecule has 1 aromatic carbocycles. The van der Waals surface area contributed by atoms with E-state index < -0.39 is 12.1 Å². The van der Waals surface area contributed by atoms with Crippen LogP contribution in [0.2, 0.25) is 0 Å². The number of hydrogen-bond acceptors (Lipinski definition) is 4. The maximum atomic E-state index is 12.1. The van der Waals surface area contributed by atoms with E-state index in [0.29, 0.717) is 3.39 Å². The topological polar surface area (TPSA) is 55.8 Å². The Kier molecular flexibility index (Phi) is 7.45. The minimum Gasteiger partial charge on any atom is -0.464 e. The minimum atomic E-state index is -0.641. The first kappa shape index (κ1) is 17.7. The average molecular weight is 421 g/mol. The van der Waals surface area contributed by atoms with Crippen LogP contribution in [0.5, 0.6) is 0 Å². The zero-order chi connectivity index (χ0) is 15.8. The van der Waals surface area contributed by atoms with Gasteiger partial charge >= 0.3 is 12.1 Å². The van der Waals surface area contributed by atoms with Gasteiger partial charge in [0.05, 0.1) is 10.5 Å². The number of nitrogens with zero attached hydrogens (tertiary/aromatic N) is 1. The van der Waals surface area contributed by atoms with Crippen LogP contribution in [-0.4, -0.2) is 30.6 Å². The number of likely N-dealkylation sites (N-methyl/N-ethyl adjacent to an activating group) is 1. The Hall–Kier alpha value is -1.34. The molecule has 0 aliphatic heterocycles. The number of rotatable bonds is 5. The first-order chi connectivity index (χ1) is 10.0. The molecular weight excluding hydrogens is 406 g/mol. The van der Waals surface area contributed by atoms with E-state index in [1.807, 2.05) is 30.3 Å². The van der Waals surface area contributed by atoms with Crippen LogP contribution >= 0.6 is 31.9 Å². The summed E-state index contributed by atoms with van der Waals surface area (Å²) in [5.41, 5.74) is 0.918. The fourth-order valence-corrected chi connectivity index (χ4v) is 2.31. The fourth-order valence-electron chi connectivity index (χ4n) is 1.56. The van der Waals surface area contributed by atoms with E-state index in [2.05, 4.69) is 36.6 Å². The smallest absolute Gasteiger partial charge is 0.414 e. The van der Waals surface area contributed by atoms with Gasteiger partial charge in [0.2, 0.25) is 0 Å². The van der Waals surface area contributed by atoms with E-state index in [1.54, 1.807) is 6.92 Å². The zero-order valence-corrected chi connectivity index (χ0v) is 14.8. The van der Waals surface area contributed by atoms with Crippen LogP contribution in [0.15, 0.2) is 39.4 Å². The van der Waals surface area contributed by atoms with Gasteiger partial charge in [-0.1, -0.05) is 30.3 Å². The van der Waals surface area contributed by atoms with Crippen LogP contribution in [0, 0.1) is 0 Å². The Bertz CT molecular complexity index is 527. The molecular formula is C14H15Br2NO4. The minimum absolute atomic E-state index is 0.0538. The van der Waals surface area contributed by atoms with Gasteiger partial charge in [-0.05, 0) is 44.3 Å². The largest absolute Gasteiger partial charge is 0.464 e. The number of carbonyl (C=O) groups excluding carboxylic acids is 2. The maximum absolute atomic E-state index is 12.1. The van der Waals surface area contributed by atoms with Crippen molar-refractivity contribution in [2.24, 2.45) is 0 Å². The van der Waals surface area contributed by atoms with Crippen LogP contribution in [0.3, 0.4) is 0 Å². The molecule has 114 valence electrons. The summed E-state index contributed by atoms with van der Waals surface area (Å²) >= 11 is 6.27. The lowest BCUT2D eigenvalue weighted by Crippen LogP contribution is -2.34. The van der Waals surface area contributed by atoms with Crippen molar-refractivity contribution in [3.05, 3.63) is 45.0 Å². The predicted molar refractivity (Wildman–Crippen MR) is 85.9 cm³/mol. The number of halogens is 2. The molecule has 5 nitrogen and oxygen atoms in total. The maximum Gasteiger partial charge on any atom is 0.414 e. The molecule has 0 aromatic heterocycles. The van der Waals surface area contributed by atoms with E-state index >= 15 is 0 Å². The highest BCUT2D eigenvalue weighted by Crippen LogP contribution is 2.24. The summed E-state index contributed by atoms with van der Waals surface area (Å²) in [5, 5.41) is 0. The van der Waals surface area contributed by atoms with Crippen LogP contribution in [-0.2, 0) is 20.9 Å². The molecule has 0 heterocycles. The molecule has 0 bridgehead atoms. The van der Waals surface area contributed by atoms with Crippen molar-refractivity contribution in [3.63, 3.8) is 0 Å². The molecule has 0 aliphatic carbocycles. The standard InChI is InChI=1S/C14H15Br2NO4/c1-3-17(11(12(15)16)13(18)20-2)14(19)21-9-10-7-5-4-6-8-10/h4-8H,3,9H2,1-2H3. The van der Waals surface area contributed by atoms with Gasteiger partial charge in [0.1, 0.15) is 6.61 Å². The SMILES string of the molecule is CCN(C(=O)OCc1ccccc1)C(C(=O)OC)=C(Br)Br. The zero-order valence-electron chi connectivity index (χ0n) is 11.6. The second-order valence-electron chi connectivity index (χ2n) is 3.89. The lowest BCUT2D eigenvalue weighted by molar-refractivity contribution is -0.137. The normalized spacial score (nSPS) is 9.71. The Morgan fingerprint density at radius 2 is 1.81 bits per heavy atom. The number of ether oxygens (including phenoxy) is 2. The predicted octanol–water partition coefficient (Wildman–Crippen LogP) is 3.78. The molecule has 1 amide bonds. The van der Waals surface area contributed by atoms with Crippen LogP contribution in [0.25, 0.3) is 0 Å². The van der Waals surface area contributed by atoms with E-state index in [-0.39, 0.29) is 18.8 Å². The molecule has 0 N–H and O–H groups in total. The van der Waals surface area contributed by atoms with Crippen molar-refractivity contribution in [1.82, 2.24) is 4.90 Å². The van der Waals surface area contributed by atoms with Gasteiger partial charge < -0.3 is 9.47 Å². The Balaban J connectivity index is 2.81. The summed E-state index contributed by atoms with van der Waals surface area (Å²) in [6.45, 7) is 2.12. The summed E-state index contributed by atoms with van der Waals surface area (Å²) in [5.74, 6) is -0.641. The number of hydrogen-bond donors (Lipinski definition) is 0. The molecule has 0 saturated carbocycles. The van der Waals surface area contributed by atoms with Gasteiger partial charge in [0.25, 0.3) is 0 Å². The van der Waals surface area contributed by atoms with Crippen LogP contribution < -0.4 is 0 Å². The van der Waals surface area contributed by atoms with E-state index in [9.17, 15) is 9.59 Å². The Morgan fingerprint density at radius 3 is 2.29 bits per heavy atom. The van der Waals surface area contributed by atoms with Gasteiger partial charge in [0, 0.05) is 6.54 Å². The molecule has 0 aliphatic rings. The summed E-state index contributed by atoms with van der Waals surface area (Å²) < 4.78 is 10.2. The number of methoxy groups -OCH3 is 1. The van der Waals surface area contributed by atoms with Crippen molar-refractivity contribution in [1.29, 1.82) is 0 Å². The Morgan fingerprint density at radius 1 is 1.19 bits per heavy atom. The van der Waals surface area contributed by atoms with Gasteiger partial charge in [-0.15, -0.1) is 0 Å².